The highest BCUT2D eigenvalue weighted by atomic mass is 16.5. The molecule has 0 radical (unpaired) electrons. The third kappa shape index (κ3) is 5.29. The van der Waals surface area contributed by atoms with Gasteiger partial charge in [-0.3, -0.25) is 4.79 Å². The number of hydrazone groups is 1. The smallest absolute Gasteiger partial charge is 0.343 e. The van der Waals surface area contributed by atoms with Gasteiger partial charge in [0.2, 0.25) is 0 Å². The lowest BCUT2D eigenvalue weighted by molar-refractivity contribution is 0.0734. The first-order valence-electron chi connectivity index (χ1n) is 8.92. The van der Waals surface area contributed by atoms with Crippen LogP contribution in [0.4, 0.5) is 0 Å². The Bertz CT molecular complexity index is 1040. The Hall–Kier alpha value is -3.93. The Morgan fingerprint density at radius 3 is 2.41 bits per heavy atom. The van der Waals surface area contributed by atoms with Crippen molar-refractivity contribution in [3.8, 4) is 11.5 Å². The summed E-state index contributed by atoms with van der Waals surface area (Å²) >= 11 is 0. The van der Waals surface area contributed by atoms with E-state index in [1.807, 2.05) is 19.1 Å². The summed E-state index contributed by atoms with van der Waals surface area (Å²) in [6.07, 6.45) is 1.49. The van der Waals surface area contributed by atoms with Gasteiger partial charge in [0.25, 0.3) is 5.91 Å². The summed E-state index contributed by atoms with van der Waals surface area (Å²) in [5.41, 5.74) is 5.01. The number of rotatable bonds is 6. The fourth-order valence-electron chi connectivity index (χ4n) is 2.60. The topological polar surface area (TPSA) is 77.0 Å². The second-order valence-electron chi connectivity index (χ2n) is 6.20. The van der Waals surface area contributed by atoms with Crippen molar-refractivity contribution in [2.45, 2.75) is 6.92 Å². The maximum Gasteiger partial charge on any atom is 0.343 e. The third-order valence-corrected chi connectivity index (χ3v) is 4.16. The van der Waals surface area contributed by atoms with E-state index in [1.54, 1.807) is 67.8 Å². The van der Waals surface area contributed by atoms with Gasteiger partial charge in [-0.25, -0.2) is 10.2 Å². The zero-order valence-corrected chi connectivity index (χ0v) is 16.1. The number of nitrogens with one attached hydrogen (secondary N) is 1. The van der Waals surface area contributed by atoms with Crippen LogP contribution in [0.2, 0.25) is 0 Å². The van der Waals surface area contributed by atoms with Crippen molar-refractivity contribution < 1.29 is 19.1 Å². The summed E-state index contributed by atoms with van der Waals surface area (Å²) in [5, 5.41) is 3.98. The van der Waals surface area contributed by atoms with Gasteiger partial charge in [-0.2, -0.15) is 5.10 Å². The second-order valence-corrected chi connectivity index (χ2v) is 6.20. The molecule has 0 aromatic heterocycles. The molecule has 3 aromatic carbocycles. The highest BCUT2D eigenvalue weighted by Crippen LogP contribution is 2.16. The van der Waals surface area contributed by atoms with Crippen LogP contribution in [0.1, 0.15) is 31.8 Å². The molecule has 0 fully saturated rings. The van der Waals surface area contributed by atoms with Crippen LogP contribution in [0, 0.1) is 6.92 Å². The lowest BCUT2D eigenvalue weighted by Crippen LogP contribution is -2.18. The Morgan fingerprint density at radius 1 is 0.931 bits per heavy atom. The number of esters is 1. The molecule has 29 heavy (non-hydrogen) atoms. The number of benzene rings is 3. The van der Waals surface area contributed by atoms with Gasteiger partial charge >= 0.3 is 5.97 Å². The number of aryl methyl sites for hydroxylation is 1. The van der Waals surface area contributed by atoms with Gasteiger partial charge in [-0.05, 0) is 60.5 Å². The van der Waals surface area contributed by atoms with Crippen LogP contribution in [-0.4, -0.2) is 25.2 Å². The molecular formula is C23H20N2O4. The van der Waals surface area contributed by atoms with Crippen molar-refractivity contribution in [2.75, 3.05) is 7.11 Å². The molecule has 6 heteroatoms. The van der Waals surface area contributed by atoms with Crippen molar-refractivity contribution in [2.24, 2.45) is 5.10 Å². The highest BCUT2D eigenvalue weighted by molar-refractivity contribution is 5.96. The van der Waals surface area contributed by atoms with E-state index in [4.69, 9.17) is 9.47 Å². The first-order chi connectivity index (χ1) is 14.1. The Balaban J connectivity index is 1.63. The van der Waals surface area contributed by atoms with Crippen molar-refractivity contribution in [3.63, 3.8) is 0 Å². The van der Waals surface area contributed by atoms with E-state index in [9.17, 15) is 9.59 Å². The van der Waals surface area contributed by atoms with Crippen LogP contribution in [0.15, 0.2) is 77.9 Å². The van der Waals surface area contributed by atoms with E-state index in [2.05, 4.69) is 10.5 Å². The summed E-state index contributed by atoms with van der Waals surface area (Å²) in [4.78, 5) is 24.4. The SMILES string of the molecule is COc1ccc(C(=O)Oc2cccc(/C=N/NC(=O)c3ccccc3C)c2)cc1. The van der Waals surface area contributed by atoms with E-state index in [0.29, 0.717) is 28.2 Å². The van der Waals surface area contributed by atoms with Gasteiger partial charge < -0.3 is 9.47 Å². The molecule has 0 bridgehead atoms. The van der Waals surface area contributed by atoms with E-state index in [0.717, 1.165) is 5.56 Å². The minimum atomic E-state index is -0.477. The van der Waals surface area contributed by atoms with Crippen molar-refractivity contribution in [1.82, 2.24) is 5.43 Å². The van der Waals surface area contributed by atoms with Gasteiger partial charge in [-0.15, -0.1) is 0 Å². The molecule has 0 spiro atoms. The molecule has 0 aliphatic rings. The Kier molecular flexibility index (Phi) is 6.37. The molecule has 1 N–H and O–H groups in total. The molecule has 0 heterocycles. The van der Waals surface area contributed by atoms with Gasteiger partial charge in [0.1, 0.15) is 11.5 Å². The lowest BCUT2D eigenvalue weighted by atomic mass is 10.1. The number of nitrogens with zero attached hydrogens (tertiary/aromatic N) is 1. The number of amides is 1. The fraction of sp³-hybridized carbons (Fsp3) is 0.0870. The molecule has 3 aromatic rings. The molecule has 6 nitrogen and oxygen atoms in total. The van der Waals surface area contributed by atoms with Crippen LogP contribution >= 0.6 is 0 Å². The number of carbonyl (C=O) groups excluding carboxylic acids is 2. The predicted molar refractivity (Wildman–Crippen MR) is 111 cm³/mol. The molecule has 1 amide bonds. The highest BCUT2D eigenvalue weighted by Gasteiger charge is 2.09. The zero-order valence-electron chi connectivity index (χ0n) is 16.1. The summed E-state index contributed by atoms with van der Waals surface area (Å²) in [6, 6.07) is 20.8. The number of hydrogen-bond donors (Lipinski definition) is 1. The molecule has 0 aliphatic carbocycles. The van der Waals surface area contributed by atoms with E-state index >= 15 is 0 Å². The maximum atomic E-state index is 12.3. The average molecular weight is 388 g/mol. The molecule has 0 atom stereocenters. The van der Waals surface area contributed by atoms with Crippen LogP contribution in [0.5, 0.6) is 11.5 Å². The van der Waals surface area contributed by atoms with Crippen LogP contribution < -0.4 is 14.9 Å². The number of carbonyl (C=O) groups is 2. The molecule has 0 unspecified atom stereocenters. The van der Waals surface area contributed by atoms with Gasteiger partial charge in [0.15, 0.2) is 0 Å². The molecular weight excluding hydrogens is 368 g/mol. The zero-order chi connectivity index (χ0) is 20.6. The molecule has 0 aliphatic heterocycles. The Labute approximate surface area is 168 Å². The van der Waals surface area contributed by atoms with Crippen LogP contribution in [-0.2, 0) is 0 Å². The minimum absolute atomic E-state index is 0.290. The molecule has 0 saturated heterocycles. The minimum Gasteiger partial charge on any atom is -0.497 e. The molecule has 0 saturated carbocycles. The average Bonchev–Trinajstić information content (AvgIpc) is 2.74. The largest absolute Gasteiger partial charge is 0.497 e. The molecule has 146 valence electrons. The van der Waals surface area contributed by atoms with Gasteiger partial charge in [0, 0.05) is 5.56 Å². The van der Waals surface area contributed by atoms with Gasteiger partial charge in [-0.1, -0.05) is 30.3 Å². The van der Waals surface area contributed by atoms with E-state index in [-0.39, 0.29) is 5.91 Å². The van der Waals surface area contributed by atoms with Crippen molar-refractivity contribution in [3.05, 3.63) is 95.1 Å². The maximum absolute atomic E-state index is 12.3. The van der Waals surface area contributed by atoms with Gasteiger partial charge in [0.05, 0.1) is 18.9 Å². The van der Waals surface area contributed by atoms with Crippen LogP contribution in [0.3, 0.4) is 0 Å². The first kappa shape index (κ1) is 19.8. The van der Waals surface area contributed by atoms with Crippen LogP contribution in [0.25, 0.3) is 0 Å². The summed E-state index contributed by atoms with van der Waals surface area (Å²) in [6.45, 7) is 1.86. The quantitative estimate of drug-likeness (QED) is 0.300. The number of hydrogen-bond acceptors (Lipinski definition) is 5. The molecule has 3 rings (SSSR count). The fourth-order valence-corrected chi connectivity index (χ4v) is 2.60. The summed E-state index contributed by atoms with van der Waals surface area (Å²) in [7, 11) is 1.56. The Morgan fingerprint density at radius 2 is 1.69 bits per heavy atom. The lowest BCUT2D eigenvalue weighted by Gasteiger charge is -2.06. The standard InChI is InChI=1S/C23H20N2O4/c1-16-6-3-4-9-21(16)22(26)25-24-15-17-7-5-8-20(14-17)29-23(27)18-10-12-19(28-2)13-11-18/h3-15H,1-2H3,(H,25,26)/b24-15+. The summed E-state index contributed by atoms with van der Waals surface area (Å²) < 4.78 is 10.5. The number of methoxy groups -OCH3 is 1. The normalized spacial score (nSPS) is 10.6. The van der Waals surface area contributed by atoms with E-state index < -0.39 is 5.97 Å². The predicted octanol–water partition coefficient (Wildman–Crippen LogP) is 3.99. The monoisotopic (exact) mass is 388 g/mol. The number of ether oxygens (including phenoxy) is 2. The van der Waals surface area contributed by atoms with E-state index in [1.165, 1.54) is 6.21 Å². The third-order valence-electron chi connectivity index (χ3n) is 4.16. The second kappa shape index (κ2) is 9.32. The van der Waals surface area contributed by atoms with Crippen molar-refractivity contribution in [1.29, 1.82) is 0 Å². The summed E-state index contributed by atoms with van der Waals surface area (Å²) in [5.74, 6) is 0.267. The first-order valence-corrected chi connectivity index (χ1v) is 8.92. The van der Waals surface area contributed by atoms with Crippen molar-refractivity contribution >= 4 is 18.1 Å².